The van der Waals surface area contributed by atoms with Crippen LogP contribution in [0.5, 0.6) is 0 Å². The summed E-state index contributed by atoms with van der Waals surface area (Å²) >= 11 is 3.45. The summed E-state index contributed by atoms with van der Waals surface area (Å²) in [5.74, 6) is 2.25. The van der Waals surface area contributed by atoms with Crippen LogP contribution < -0.4 is 5.32 Å². The molecule has 1 N–H and O–H groups in total. The number of rotatable bonds is 7. The maximum Gasteiger partial charge on any atom is 0.225 e. The van der Waals surface area contributed by atoms with Gasteiger partial charge in [0.05, 0.1) is 4.47 Å². The molecule has 0 bridgehead atoms. The van der Waals surface area contributed by atoms with Crippen LogP contribution in [0.2, 0.25) is 0 Å². The Balaban J connectivity index is 1.72. The van der Waals surface area contributed by atoms with Crippen LogP contribution in [-0.2, 0) is 11.2 Å². The van der Waals surface area contributed by atoms with Crippen LogP contribution in [0.3, 0.4) is 0 Å². The van der Waals surface area contributed by atoms with Crippen LogP contribution in [0.4, 0.5) is 5.82 Å². The molecular formula is C15H23BrN4O. The van der Waals surface area contributed by atoms with Gasteiger partial charge in [-0.3, -0.25) is 4.79 Å². The predicted molar refractivity (Wildman–Crippen MR) is 87.2 cm³/mol. The summed E-state index contributed by atoms with van der Waals surface area (Å²) in [6.45, 7) is 3.61. The highest BCUT2D eigenvalue weighted by Gasteiger charge is 2.27. The van der Waals surface area contributed by atoms with E-state index in [1.165, 1.54) is 6.42 Å². The molecule has 1 saturated carbocycles. The van der Waals surface area contributed by atoms with Crippen molar-refractivity contribution in [1.82, 2.24) is 14.9 Å². The Bertz CT molecular complexity index is 491. The third-order valence-electron chi connectivity index (χ3n) is 3.90. The molecule has 0 radical (unpaired) electrons. The first-order chi connectivity index (χ1) is 10.1. The van der Waals surface area contributed by atoms with Gasteiger partial charge in [-0.25, -0.2) is 9.97 Å². The van der Waals surface area contributed by atoms with E-state index in [1.54, 1.807) is 6.20 Å². The Morgan fingerprint density at radius 2 is 2.29 bits per heavy atom. The van der Waals surface area contributed by atoms with Gasteiger partial charge in [-0.1, -0.05) is 13.3 Å². The minimum Gasteiger partial charge on any atom is -0.369 e. The number of halogens is 1. The van der Waals surface area contributed by atoms with E-state index in [0.29, 0.717) is 5.91 Å². The van der Waals surface area contributed by atoms with Crippen molar-refractivity contribution in [3.63, 3.8) is 0 Å². The van der Waals surface area contributed by atoms with E-state index in [0.717, 1.165) is 54.9 Å². The lowest BCUT2D eigenvalue weighted by Crippen LogP contribution is -2.37. The van der Waals surface area contributed by atoms with Crippen molar-refractivity contribution in [2.45, 2.75) is 39.0 Å². The lowest BCUT2D eigenvalue weighted by molar-refractivity contribution is -0.136. The van der Waals surface area contributed by atoms with Gasteiger partial charge in [0.2, 0.25) is 5.91 Å². The van der Waals surface area contributed by atoms with Gasteiger partial charge in [0, 0.05) is 38.7 Å². The summed E-state index contributed by atoms with van der Waals surface area (Å²) in [6, 6.07) is 0. The number of hydrogen-bond donors (Lipinski definition) is 1. The highest BCUT2D eigenvalue weighted by Crippen LogP contribution is 2.27. The van der Waals surface area contributed by atoms with E-state index in [1.807, 2.05) is 18.9 Å². The average molecular weight is 355 g/mol. The van der Waals surface area contributed by atoms with Crippen molar-refractivity contribution < 1.29 is 4.79 Å². The molecular weight excluding hydrogens is 332 g/mol. The summed E-state index contributed by atoms with van der Waals surface area (Å²) in [5, 5.41) is 3.30. The lowest BCUT2D eigenvalue weighted by Gasteiger charge is -2.29. The number of amides is 1. The SMILES string of the molecule is CCc1ncc(Br)c(NCCCN(C)C(=O)C2CCC2)n1. The molecule has 1 amide bonds. The molecule has 1 aliphatic rings. The highest BCUT2D eigenvalue weighted by molar-refractivity contribution is 9.10. The fourth-order valence-electron chi connectivity index (χ4n) is 2.30. The number of aromatic nitrogens is 2. The van der Waals surface area contributed by atoms with E-state index in [2.05, 4.69) is 31.2 Å². The normalized spacial score (nSPS) is 14.6. The first kappa shape index (κ1) is 16.2. The molecule has 0 spiro atoms. The summed E-state index contributed by atoms with van der Waals surface area (Å²) in [5.41, 5.74) is 0. The second kappa shape index (κ2) is 7.73. The Kier molecular flexibility index (Phi) is 5.96. The van der Waals surface area contributed by atoms with E-state index in [9.17, 15) is 4.79 Å². The van der Waals surface area contributed by atoms with Crippen LogP contribution in [0.15, 0.2) is 10.7 Å². The van der Waals surface area contributed by atoms with Gasteiger partial charge in [0.1, 0.15) is 11.6 Å². The predicted octanol–water partition coefficient (Wildman–Crippen LogP) is 2.86. The molecule has 1 aliphatic carbocycles. The minimum absolute atomic E-state index is 0.283. The topological polar surface area (TPSA) is 58.1 Å². The van der Waals surface area contributed by atoms with Crippen molar-refractivity contribution >= 4 is 27.7 Å². The molecule has 0 aliphatic heterocycles. The smallest absolute Gasteiger partial charge is 0.225 e. The zero-order valence-corrected chi connectivity index (χ0v) is 14.3. The molecule has 116 valence electrons. The van der Waals surface area contributed by atoms with Crippen LogP contribution >= 0.6 is 15.9 Å². The van der Waals surface area contributed by atoms with Gasteiger partial charge in [0.25, 0.3) is 0 Å². The van der Waals surface area contributed by atoms with Gasteiger partial charge in [-0.15, -0.1) is 0 Å². The Labute approximate surface area is 134 Å². The van der Waals surface area contributed by atoms with E-state index in [4.69, 9.17) is 0 Å². The average Bonchev–Trinajstić information content (AvgIpc) is 2.43. The second-order valence-corrected chi connectivity index (χ2v) is 6.36. The number of hydrogen-bond acceptors (Lipinski definition) is 4. The highest BCUT2D eigenvalue weighted by atomic mass is 79.9. The molecule has 1 fully saturated rings. The number of carbonyl (C=O) groups is 1. The van der Waals surface area contributed by atoms with Crippen molar-refractivity contribution in [2.75, 3.05) is 25.5 Å². The molecule has 21 heavy (non-hydrogen) atoms. The number of aryl methyl sites for hydroxylation is 1. The van der Waals surface area contributed by atoms with Gasteiger partial charge < -0.3 is 10.2 Å². The fourth-order valence-corrected chi connectivity index (χ4v) is 2.63. The van der Waals surface area contributed by atoms with Gasteiger partial charge >= 0.3 is 0 Å². The number of nitrogens with zero attached hydrogens (tertiary/aromatic N) is 3. The van der Waals surface area contributed by atoms with Crippen molar-refractivity contribution in [3.8, 4) is 0 Å². The van der Waals surface area contributed by atoms with Gasteiger partial charge in [-0.05, 0) is 35.2 Å². The third-order valence-corrected chi connectivity index (χ3v) is 4.48. The van der Waals surface area contributed by atoms with Crippen molar-refractivity contribution in [2.24, 2.45) is 5.92 Å². The van der Waals surface area contributed by atoms with Crippen LogP contribution in [-0.4, -0.2) is 40.9 Å². The van der Waals surface area contributed by atoms with E-state index in [-0.39, 0.29) is 5.92 Å². The molecule has 2 rings (SSSR count). The zero-order valence-electron chi connectivity index (χ0n) is 12.7. The number of nitrogens with one attached hydrogen (secondary N) is 1. The molecule has 6 heteroatoms. The molecule has 0 saturated heterocycles. The molecule has 5 nitrogen and oxygen atoms in total. The van der Waals surface area contributed by atoms with Crippen LogP contribution in [0.1, 0.15) is 38.4 Å². The first-order valence-corrected chi connectivity index (χ1v) is 8.41. The third kappa shape index (κ3) is 4.40. The van der Waals surface area contributed by atoms with Crippen LogP contribution in [0, 0.1) is 5.92 Å². The summed E-state index contributed by atoms with van der Waals surface area (Å²) in [6.07, 6.45) is 6.84. The Hall–Kier alpha value is -1.17. The maximum atomic E-state index is 12.0. The maximum absolute atomic E-state index is 12.0. The summed E-state index contributed by atoms with van der Waals surface area (Å²) in [4.78, 5) is 22.5. The monoisotopic (exact) mass is 354 g/mol. The quantitative estimate of drug-likeness (QED) is 0.764. The van der Waals surface area contributed by atoms with Crippen molar-refractivity contribution in [1.29, 1.82) is 0 Å². The Morgan fingerprint density at radius 3 is 2.90 bits per heavy atom. The van der Waals surface area contributed by atoms with E-state index >= 15 is 0 Å². The zero-order chi connectivity index (χ0) is 15.2. The largest absolute Gasteiger partial charge is 0.369 e. The Morgan fingerprint density at radius 1 is 1.52 bits per heavy atom. The standard InChI is InChI=1S/C15H23BrN4O/c1-3-13-18-10-12(16)14(19-13)17-8-5-9-20(2)15(21)11-6-4-7-11/h10-11H,3-9H2,1-2H3,(H,17,18,19). The number of anilines is 1. The minimum atomic E-state index is 0.283. The van der Waals surface area contributed by atoms with Gasteiger partial charge in [-0.2, -0.15) is 0 Å². The van der Waals surface area contributed by atoms with Gasteiger partial charge in [0.15, 0.2) is 0 Å². The first-order valence-electron chi connectivity index (χ1n) is 7.62. The number of carbonyl (C=O) groups excluding carboxylic acids is 1. The second-order valence-electron chi connectivity index (χ2n) is 5.50. The summed E-state index contributed by atoms with van der Waals surface area (Å²) in [7, 11) is 1.90. The van der Waals surface area contributed by atoms with Crippen molar-refractivity contribution in [3.05, 3.63) is 16.5 Å². The molecule has 0 aromatic carbocycles. The molecule has 1 aromatic rings. The molecule has 1 heterocycles. The lowest BCUT2D eigenvalue weighted by atomic mass is 9.84. The fraction of sp³-hybridized carbons (Fsp3) is 0.667. The van der Waals surface area contributed by atoms with E-state index < -0.39 is 0 Å². The summed E-state index contributed by atoms with van der Waals surface area (Å²) < 4.78 is 0.874. The molecule has 1 aromatic heterocycles. The van der Waals surface area contributed by atoms with Crippen LogP contribution in [0.25, 0.3) is 0 Å². The molecule has 0 atom stereocenters. The molecule has 0 unspecified atom stereocenters.